The third-order valence-electron chi connectivity index (χ3n) is 1.87. The molecule has 0 spiro atoms. The van der Waals surface area contributed by atoms with Gasteiger partial charge in [-0.25, -0.2) is 0 Å². The van der Waals surface area contributed by atoms with Crippen LogP contribution in [0.2, 0.25) is 0 Å². The fraction of sp³-hybridized carbons (Fsp3) is 0.300. The van der Waals surface area contributed by atoms with Crippen molar-refractivity contribution in [1.29, 1.82) is 5.41 Å². The maximum atomic E-state index is 7.40. The van der Waals surface area contributed by atoms with Crippen molar-refractivity contribution in [3.05, 3.63) is 29.3 Å². The van der Waals surface area contributed by atoms with Crippen molar-refractivity contribution < 1.29 is 4.74 Å². The van der Waals surface area contributed by atoms with Crippen LogP contribution in [-0.2, 0) is 5.75 Å². The molecule has 1 aromatic rings. The summed E-state index contributed by atoms with van der Waals surface area (Å²) in [6.45, 7) is 0. The Kier molecular flexibility index (Phi) is 3.83. The summed E-state index contributed by atoms with van der Waals surface area (Å²) < 4.78 is 5.11. The molecule has 1 aromatic carbocycles. The van der Waals surface area contributed by atoms with E-state index in [2.05, 4.69) is 0 Å². The number of methoxy groups -OCH3 is 1. The molecule has 0 unspecified atom stereocenters. The van der Waals surface area contributed by atoms with Crippen LogP contribution in [0.3, 0.4) is 0 Å². The van der Waals surface area contributed by atoms with Crippen molar-refractivity contribution in [2.75, 3.05) is 13.4 Å². The third-order valence-corrected chi connectivity index (χ3v) is 2.49. The van der Waals surface area contributed by atoms with Gasteiger partial charge in [-0.3, -0.25) is 5.41 Å². The zero-order chi connectivity index (χ0) is 10.6. The Bertz CT molecular complexity index is 339. The minimum absolute atomic E-state index is 0.0461. The predicted molar refractivity (Wildman–Crippen MR) is 61.2 cm³/mol. The third kappa shape index (κ3) is 2.42. The molecule has 3 nitrogen and oxygen atoms in total. The highest BCUT2D eigenvalue weighted by Gasteiger charge is 2.06. The molecular weight excluding hydrogens is 196 g/mol. The second kappa shape index (κ2) is 4.91. The van der Waals surface area contributed by atoms with Gasteiger partial charge in [0.05, 0.1) is 12.7 Å². The maximum Gasteiger partial charge on any atom is 0.129 e. The van der Waals surface area contributed by atoms with Gasteiger partial charge in [-0.2, -0.15) is 11.8 Å². The number of hydrogen-bond acceptors (Lipinski definition) is 3. The standard InChI is InChI=1S/C10H14N2OS/c1-13-9-4-3-7(6-14-2)5-8(9)10(11)12/h3-5H,6H2,1-2H3,(H3,11,12). The Balaban J connectivity index is 3.07. The van der Waals surface area contributed by atoms with E-state index >= 15 is 0 Å². The van der Waals surface area contributed by atoms with Crippen molar-refractivity contribution in [3.63, 3.8) is 0 Å². The number of ether oxygens (including phenoxy) is 1. The summed E-state index contributed by atoms with van der Waals surface area (Å²) >= 11 is 1.74. The van der Waals surface area contributed by atoms with E-state index in [4.69, 9.17) is 15.9 Å². The van der Waals surface area contributed by atoms with Crippen molar-refractivity contribution in [2.45, 2.75) is 5.75 Å². The molecule has 0 heterocycles. The van der Waals surface area contributed by atoms with Crippen LogP contribution < -0.4 is 10.5 Å². The normalized spacial score (nSPS) is 9.86. The molecule has 0 saturated carbocycles. The molecule has 0 radical (unpaired) electrons. The Morgan fingerprint density at radius 1 is 1.57 bits per heavy atom. The minimum atomic E-state index is 0.0461. The number of amidine groups is 1. The lowest BCUT2D eigenvalue weighted by Gasteiger charge is -2.08. The van der Waals surface area contributed by atoms with Crippen LogP contribution in [0, 0.1) is 5.41 Å². The monoisotopic (exact) mass is 210 g/mol. The van der Waals surface area contributed by atoms with Crippen molar-refractivity contribution in [3.8, 4) is 5.75 Å². The fourth-order valence-electron chi connectivity index (χ4n) is 1.22. The second-order valence-corrected chi connectivity index (χ2v) is 3.75. The van der Waals surface area contributed by atoms with Crippen molar-refractivity contribution in [2.24, 2.45) is 5.73 Å². The first-order valence-electron chi connectivity index (χ1n) is 4.19. The van der Waals surface area contributed by atoms with Crippen LogP contribution in [-0.4, -0.2) is 19.2 Å². The van der Waals surface area contributed by atoms with Gasteiger partial charge in [0.25, 0.3) is 0 Å². The average molecular weight is 210 g/mol. The Labute approximate surface area is 88.2 Å². The molecule has 0 aliphatic carbocycles. The lowest BCUT2D eigenvalue weighted by atomic mass is 10.1. The van der Waals surface area contributed by atoms with Crippen LogP contribution in [0.15, 0.2) is 18.2 Å². The molecule has 76 valence electrons. The molecule has 0 fully saturated rings. The SMILES string of the molecule is COc1ccc(CSC)cc1C(=N)N. The van der Waals surface area contributed by atoms with Crippen LogP contribution >= 0.6 is 11.8 Å². The molecular formula is C10H14N2OS. The van der Waals surface area contributed by atoms with Crippen molar-refractivity contribution in [1.82, 2.24) is 0 Å². The molecule has 0 atom stereocenters. The van der Waals surface area contributed by atoms with Gasteiger partial charge in [0.1, 0.15) is 11.6 Å². The highest BCUT2D eigenvalue weighted by molar-refractivity contribution is 7.97. The van der Waals surface area contributed by atoms with Crippen LogP contribution in [0.1, 0.15) is 11.1 Å². The quantitative estimate of drug-likeness (QED) is 0.589. The van der Waals surface area contributed by atoms with Gasteiger partial charge in [0.15, 0.2) is 0 Å². The van der Waals surface area contributed by atoms with E-state index in [9.17, 15) is 0 Å². The number of nitrogens with two attached hydrogens (primary N) is 1. The van der Waals surface area contributed by atoms with E-state index in [0.717, 1.165) is 11.3 Å². The molecule has 0 aliphatic rings. The van der Waals surface area contributed by atoms with E-state index in [1.54, 1.807) is 18.9 Å². The molecule has 0 aromatic heterocycles. The summed E-state index contributed by atoms with van der Waals surface area (Å²) in [4.78, 5) is 0. The smallest absolute Gasteiger partial charge is 0.129 e. The number of rotatable bonds is 4. The molecule has 3 N–H and O–H groups in total. The maximum absolute atomic E-state index is 7.40. The molecule has 0 amide bonds. The zero-order valence-corrected chi connectivity index (χ0v) is 9.15. The fourth-order valence-corrected chi connectivity index (χ4v) is 1.73. The second-order valence-electron chi connectivity index (χ2n) is 2.88. The summed E-state index contributed by atoms with van der Waals surface area (Å²) in [5, 5.41) is 7.40. The average Bonchev–Trinajstić information content (AvgIpc) is 2.18. The molecule has 0 bridgehead atoms. The molecule has 14 heavy (non-hydrogen) atoms. The summed E-state index contributed by atoms with van der Waals surface area (Å²) in [6.07, 6.45) is 2.04. The summed E-state index contributed by atoms with van der Waals surface area (Å²) in [6, 6.07) is 5.74. The summed E-state index contributed by atoms with van der Waals surface area (Å²) in [5.41, 5.74) is 7.27. The predicted octanol–water partition coefficient (Wildman–Crippen LogP) is 1.84. The van der Waals surface area contributed by atoms with E-state index in [1.165, 1.54) is 0 Å². The Hall–Kier alpha value is -1.16. The van der Waals surface area contributed by atoms with Gasteiger partial charge < -0.3 is 10.5 Å². The van der Waals surface area contributed by atoms with Crippen LogP contribution in [0.5, 0.6) is 5.75 Å². The Morgan fingerprint density at radius 2 is 2.29 bits per heavy atom. The number of benzene rings is 1. The largest absolute Gasteiger partial charge is 0.496 e. The van der Waals surface area contributed by atoms with Gasteiger partial charge in [-0.15, -0.1) is 0 Å². The number of nitrogens with one attached hydrogen (secondary N) is 1. The molecule has 4 heteroatoms. The highest BCUT2D eigenvalue weighted by Crippen LogP contribution is 2.21. The topological polar surface area (TPSA) is 59.1 Å². The number of thioether (sulfide) groups is 1. The Morgan fingerprint density at radius 3 is 2.79 bits per heavy atom. The first-order valence-corrected chi connectivity index (χ1v) is 5.58. The first kappa shape index (κ1) is 10.9. The van der Waals surface area contributed by atoms with Gasteiger partial charge in [-0.1, -0.05) is 6.07 Å². The molecule has 0 saturated heterocycles. The van der Waals surface area contributed by atoms with E-state index in [1.807, 2.05) is 24.5 Å². The van der Waals surface area contributed by atoms with Crippen LogP contribution in [0.4, 0.5) is 0 Å². The summed E-state index contributed by atoms with van der Waals surface area (Å²) in [5.74, 6) is 1.62. The van der Waals surface area contributed by atoms with E-state index in [0.29, 0.717) is 11.3 Å². The van der Waals surface area contributed by atoms with Gasteiger partial charge >= 0.3 is 0 Å². The van der Waals surface area contributed by atoms with Crippen LogP contribution in [0.25, 0.3) is 0 Å². The van der Waals surface area contributed by atoms with Crippen molar-refractivity contribution >= 4 is 17.6 Å². The molecule has 1 rings (SSSR count). The van der Waals surface area contributed by atoms with Gasteiger partial charge in [-0.05, 0) is 24.0 Å². The van der Waals surface area contributed by atoms with Gasteiger partial charge in [0.2, 0.25) is 0 Å². The van der Waals surface area contributed by atoms with Gasteiger partial charge in [0, 0.05) is 5.75 Å². The number of nitrogen functional groups attached to an aromatic ring is 1. The van der Waals surface area contributed by atoms with E-state index in [-0.39, 0.29) is 5.84 Å². The number of hydrogen-bond donors (Lipinski definition) is 2. The zero-order valence-electron chi connectivity index (χ0n) is 8.33. The lowest BCUT2D eigenvalue weighted by Crippen LogP contribution is -2.12. The lowest BCUT2D eigenvalue weighted by molar-refractivity contribution is 0.413. The molecule has 0 aliphatic heterocycles. The summed E-state index contributed by atoms with van der Waals surface area (Å²) in [7, 11) is 1.58. The van der Waals surface area contributed by atoms with E-state index < -0.39 is 0 Å². The highest BCUT2D eigenvalue weighted by atomic mass is 32.2. The first-order chi connectivity index (χ1) is 6.69. The minimum Gasteiger partial charge on any atom is -0.496 e.